The van der Waals surface area contributed by atoms with E-state index in [1.807, 2.05) is 43.3 Å². The Morgan fingerprint density at radius 1 is 1.09 bits per heavy atom. The van der Waals surface area contributed by atoms with E-state index in [0.29, 0.717) is 17.3 Å². The molecule has 0 aliphatic heterocycles. The van der Waals surface area contributed by atoms with Gasteiger partial charge in [-0.15, -0.1) is 0 Å². The molecule has 0 spiro atoms. The minimum atomic E-state index is -0.0814. The van der Waals surface area contributed by atoms with Crippen molar-refractivity contribution in [3.05, 3.63) is 71.5 Å². The number of hydrogen-bond acceptors (Lipinski definition) is 2. The number of amides is 1. The average molecular weight is 311 g/mol. The fourth-order valence-electron chi connectivity index (χ4n) is 2.48. The number of rotatable bonds is 3. The number of fused-ring (bicyclic) bond motifs is 1. The van der Waals surface area contributed by atoms with Gasteiger partial charge in [0.25, 0.3) is 5.91 Å². The van der Waals surface area contributed by atoms with Gasteiger partial charge in [-0.25, -0.2) is 4.98 Å². The molecule has 3 rings (SSSR count). The highest BCUT2D eigenvalue weighted by atomic mass is 35.5. The lowest BCUT2D eigenvalue weighted by molar-refractivity contribution is 0.0988. The molecular formula is C18H15ClN2O. The van der Waals surface area contributed by atoms with Crippen LogP contribution in [0.2, 0.25) is 5.15 Å². The third-order valence-corrected chi connectivity index (χ3v) is 3.79. The van der Waals surface area contributed by atoms with Gasteiger partial charge in [0.1, 0.15) is 5.15 Å². The zero-order valence-electron chi connectivity index (χ0n) is 12.2. The summed E-state index contributed by atoms with van der Waals surface area (Å²) in [5, 5.41) is 2.58. The standard InChI is InChI=1S/C18H15ClN2O/c1-2-21(18(22)15-9-10-20-17(19)12-15)16-8-7-13-5-3-4-6-14(13)11-16/h3-12H,2H2,1H3. The maximum absolute atomic E-state index is 12.7. The molecule has 0 fully saturated rings. The minimum Gasteiger partial charge on any atom is -0.309 e. The van der Waals surface area contributed by atoms with Crippen molar-refractivity contribution in [3.63, 3.8) is 0 Å². The van der Waals surface area contributed by atoms with Crippen LogP contribution < -0.4 is 4.90 Å². The number of pyridine rings is 1. The van der Waals surface area contributed by atoms with Crippen molar-refractivity contribution in [1.29, 1.82) is 0 Å². The second kappa shape index (κ2) is 6.16. The fourth-order valence-corrected chi connectivity index (χ4v) is 2.65. The van der Waals surface area contributed by atoms with Crippen molar-refractivity contribution in [2.45, 2.75) is 6.92 Å². The van der Waals surface area contributed by atoms with Crippen LogP contribution in [0.1, 0.15) is 17.3 Å². The molecule has 1 aromatic heterocycles. The molecule has 2 aromatic carbocycles. The van der Waals surface area contributed by atoms with Gasteiger partial charge < -0.3 is 4.90 Å². The van der Waals surface area contributed by atoms with E-state index >= 15 is 0 Å². The van der Waals surface area contributed by atoms with E-state index in [2.05, 4.69) is 11.1 Å². The molecule has 3 nitrogen and oxygen atoms in total. The number of aromatic nitrogens is 1. The number of nitrogens with zero attached hydrogens (tertiary/aromatic N) is 2. The summed E-state index contributed by atoms with van der Waals surface area (Å²) < 4.78 is 0. The van der Waals surface area contributed by atoms with Crippen molar-refractivity contribution in [3.8, 4) is 0 Å². The lowest BCUT2D eigenvalue weighted by Crippen LogP contribution is -2.30. The molecule has 3 aromatic rings. The first-order valence-electron chi connectivity index (χ1n) is 7.11. The maximum atomic E-state index is 12.7. The predicted molar refractivity (Wildman–Crippen MR) is 90.5 cm³/mol. The normalized spacial score (nSPS) is 10.6. The minimum absolute atomic E-state index is 0.0814. The van der Waals surface area contributed by atoms with Gasteiger partial charge in [-0.2, -0.15) is 0 Å². The number of benzene rings is 2. The summed E-state index contributed by atoms with van der Waals surface area (Å²) in [4.78, 5) is 18.4. The Hall–Kier alpha value is -2.39. The van der Waals surface area contributed by atoms with Gasteiger partial charge in [-0.3, -0.25) is 4.79 Å². The third-order valence-electron chi connectivity index (χ3n) is 3.58. The summed E-state index contributed by atoms with van der Waals surface area (Å²) in [5.74, 6) is -0.0814. The van der Waals surface area contributed by atoms with Crippen LogP contribution in [0.5, 0.6) is 0 Å². The highest BCUT2D eigenvalue weighted by molar-refractivity contribution is 6.29. The molecule has 0 saturated heterocycles. The van der Waals surface area contributed by atoms with Crippen molar-refractivity contribution in [2.75, 3.05) is 11.4 Å². The molecule has 0 unspecified atom stereocenters. The van der Waals surface area contributed by atoms with Gasteiger partial charge in [0.2, 0.25) is 0 Å². The van der Waals surface area contributed by atoms with Crippen molar-refractivity contribution < 1.29 is 4.79 Å². The highest BCUT2D eigenvalue weighted by Gasteiger charge is 2.16. The Balaban J connectivity index is 2.00. The summed E-state index contributed by atoms with van der Waals surface area (Å²) >= 11 is 5.88. The van der Waals surface area contributed by atoms with Crippen LogP contribution in [0.15, 0.2) is 60.8 Å². The highest BCUT2D eigenvalue weighted by Crippen LogP contribution is 2.23. The van der Waals surface area contributed by atoms with E-state index in [1.54, 1.807) is 23.2 Å². The van der Waals surface area contributed by atoms with Gasteiger partial charge >= 0.3 is 0 Å². The van der Waals surface area contributed by atoms with Gasteiger partial charge in [0.15, 0.2) is 0 Å². The summed E-state index contributed by atoms with van der Waals surface area (Å²) in [6.45, 7) is 2.53. The molecule has 22 heavy (non-hydrogen) atoms. The summed E-state index contributed by atoms with van der Waals surface area (Å²) in [7, 11) is 0. The van der Waals surface area contributed by atoms with Crippen LogP contribution in [0, 0.1) is 0 Å². The second-order valence-electron chi connectivity index (χ2n) is 4.95. The molecule has 0 aliphatic rings. The molecule has 0 saturated carbocycles. The molecule has 110 valence electrons. The molecule has 1 amide bonds. The molecule has 0 bridgehead atoms. The number of carbonyl (C=O) groups is 1. The summed E-state index contributed by atoms with van der Waals surface area (Å²) in [6, 6.07) is 17.4. The van der Waals surface area contributed by atoms with Gasteiger partial charge in [-0.05, 0) is 42.0 Å². The SMILES string of the molecule is CCN(C(=O)c1ccnc(Cl)c1)c1ccc2ccccc2c1. The first-order chi connectivity index (χ1) is 10.7. The topological polar surface area (TPSA) is 33.2 Å². The van der Waals surface area contributed by atoms with Crippen molar-refractivity contribution >= 4 is 34.0 Å². The third kappa shape index (κ3) is 2.81. The van der Waals surface area contributed by atoms with Crippen LogP contribution >= 0.6 is 11.6 Å². The molecule has 4 heteroatoms. The zero-order valence-corrected chi connectivity index (χ0v) is 12.9. The number of hydrogen-bond donors (Lipinski definition) is 0. The van der Waals surface area contributed by atoms with Crippen LogP contribution in [-0.4, -0.2) is 17.4 Å². The van der Waals surface area contributed by atoms with E-state index in [1.165, 1.54) is 0 Å². The Bertz CT molecular complexity index is 832. The Morgan fingerprint density at radius 2 is 1.86 bits per heavy atom. The smallest absolute Gasteiger partial charge is 0.258 e. The first-order valence-corrected chi connectivity index (χ1v) is 7.49. The molecule has 0 radical (unpaired) electrons. The predicted octanol–water partition coefficient (Wildman–Crippen LogP) is 4.55. The molecule has 0 N–H and O–H groups in total. The average Bonchev–Trinajstić information content (AvgIpc) is 2.55. The Labute approximate surface area is 134 Å². The monoisotopic (exact) mass is 310 g/mol. The quantitative estimate of drug-likeness (QED) is 0.665. The second-order valence-corrected chi connectivity index (χ2v) is 5.34. The van der Waals surface area contributed by atoms with Crippen LogP contribution in [0.25, 0.3) is 10.8 Å². The maximum Gasteiger partial charge on any atom is 0.258 e. The fraction of sp³-hybridized carbons (Fsp3) is 0.111. The van der Waals surface area contributed by atoms with E-state index in [-0.39, 0.29) is 5.91 Å². The van der Waals surface area contributed by atoms with Gasteiger partial charge in [0, 0.05) is 24.0 Å². The lowest BCUT2D eigenvalue weighted by Gasteiger charge is -2.21. The van der Waals surface area contributed by atoms with E-state index in [0.717, 1.165) is 16.5 Å². The summed E-state index contributed by atoms with van der Waals surface area (Å²) in [6.07, 6.45) is 1.55. The number of halogens is 1. The van der Waals surface area contributed by atoms with Crippen molar-refractivity contribution in [2.24, 2.45) is 0 Å². The first kappa shape index (κ1) is 14.5. The Morgan fingerprint density at radius 3 is 2.59 bits per heavy atom. The van der Waals surface area contributed by atoms with Crippen LogP contribution in [-0.2, 0) is 0 Å². The zero-order chi connectivity index (χ0) is 15.5. The molecule has 0 atom stereocenters. The van der Waals surface area contributed by atoms with Gasteiger partial charge in [0.05, 0.1) is 0 Å². The van der Waals surface area contributed by atoms with E-state index in [9.17, 15) is 4.79 Å². The van der Waals surface area contributed by atoms with E-state index < -0.39 is 0 Å². The van der Waals surface area contributed by atoms with Gasteiger partial charge in [-0.1, -0.05) is 41.9 Å². The largest absolute Gasteiger partial charge is 0.309 e. The number of carbonyl (C=O) groups excluding carboxylic acids is 1. The van der Waals surface area contributed by atoms with E-state index in [4.69, 9.17) is 11.6 Å². The lowest BCUT2D eigenvalue weighted by atomic mass is 10.1. The van der Waals surface area contributed by atoms with Crippen LogP contribution in [0.3, 0.4) is 0 Å². The summed E-state index contributed by atoms with van der Waals surface area (Å²) in [5.41, 5.74) is 1.41. The van der Waals surface area contributed by atoms with Crippen molar-refractivity contribution in [1.82, 2.24) is 4.98 Å². The number of anilines is 1. The van der Waals surface area contributed by atoms with Crippen LogP contribution in [0.4, 0.5) is 5.69 Å². The molecule has 0 aliphatic carbocycles. The molecular weight excluding hydrogens is 296 g/mol. The Kier molecular flexibility index (Phi) is 4.07. The molecule has 1 heterocycles.